The lowest BCUT2D eigenvalue weighted by Gasteiger charge is -1.92. The van der Waals surface area contributed by atoms with Crippen LogP contribution < -0.4 is 5.32 Å². The smallest absolute Gasteiger partial charge is 0.106 e. The average Bonchev–Trinajstić information content (AvgIpc) is 2.47. The van der Waals surface area contributed by atoms with Crippen LogP contribution in [-0.4, -0.2) is 18.8 Å². The lowest BCUT2D eigenvalue weighted by Crippen LogP contribution is -1.91. The van der Waals surface area contributed by atoms with Crippen LogP contribution >= 0.6 is 0 Å². The monoisotopic (exact) mass is 180 g/mol. The minimum absolute atomic E-state index is 1.22. The molecule has 0 radical (unpaired) electrons. The van der Waals surface area contributed by atoms with E-state index in [0.717, 1.165) is 0 Å². The van der Waals surface area contributed by atoms with E-state index in [-0.39, 0.29) is 0 Å². The van der Waals surface area contributed by atoms with E-state index in [1.54, 1.807) is 0 Å². The van der Waals surface area contributed by atoms with Crippen molar-refractivity contribution in [3.8, 4) is 0 Å². The molecule has 0 aromatic carbocycles. The SMILES string of the molecule is C=O.CN/C=C\c1c(C)c[nH]c1C. The van der Waals surface area contributed by atoms with Crippen LogP contribution in [0.25, 0.3) is 6.08 Å². The number of nitrogens with one attached hydrogen (secondary N) is 2. The Kier molecular flexibility index (Phi) is 5.35. The third kappa shape index (κ3) is 3.15. The summed E-state index contributed by atoms with van der Waals surface area (Å²) >= 11 is 0. The summed E-state index contributed by atoms with van der Waals surface area (Å²) in [7, 11) is 1.90. The summed E-state index contributed by atoms with van der Waals surface area (Å²) in [5.41, 5.74) is 3.78. The van der Waals surface area contributed by atoms with Gasteiger partial charge in [-0.2, -0.15) is 0 Å². The van der Waals surface area contributed by atoms with Crippen molar-refractivity contribution in [1.82, 2.24) is 10.3 Å². The predicted octanol–water partition coefficient (Wildman–Crippen LogP) is 1.64. The highest BCUT2D eigenvalue weighted by Crippen LogP contribution is 2.12. The van der Waals surface area contributed by atoms with E-state index in [0.29, 0.717) is 0 Å². The molecule has 3 nitrogen and oxygen atoms in total. The first-order chi connectivity index (χ1) is 6.25. The minimum Gasteiger partial charge on any atom is -0.394 e. The maximum atomic E-state index is 8.00. The molecule has 0 unspecified atom stereocenters. The second-order valence-corrected chi connectivity index (χ2v) is 2.63. The zero-order valence-corrected chi connectivity index (χ0v) is 8.35. The first kappa shape index (κ1) is 11.5. The fraction of sp³-hybridized carbons (Fsp3) is 0.300. The van der Waals surface area contributed by atoms with Gasteiger partial charge in [-0.15, -0.1) is 0 Å². The Bertz CT molecular complexity index is 257. The summed E-state index contributed by atoms with van der Waals surface area (Å²) in [5, 5.41) is 2.97. The van der Waals surface area contributed by atoms with E-state index in [1.807, 2.05) is 26.2 Å². The standard InChI is InChI=1S/C9H14N2.CH2O/c1-7-6-11-8(2)9(7)4-5-10-3;1-2/h4-6,10-11H,1-3H3;1H2/b5-4-;. The predicted molar refractivity (Wildman–Crippen MR) is 55.5 cm³/mol. The number of rotatable bonds is 2. The molecule has 1 aromatic rings. The molecule has 0 amide bonds. The summed E-state index contributed by atoms with van der Waals surface area (Å²) in [5.74, 6) is 0. The van der Waals surface area contributed by atoms with Crippen LogP contribution in [0.3, 0.4) is 0 Å². The Morgan fingerprint density at radius 3 is 2.46 bits per heavy atom. The van der Waals surface area contributed by atoms with E-state index in [2.05, 4.69) is 30.2 Å². The third-order valence-corrected chi connectivity index (χ3v) is 1.75. The van der Waals surface area contributed by atoms with Crippen molar-refractivity contribution in [2.45, 2.75) is 13.8 Å². The first-order valence-corrected chi connectivity index (χ1v) is 4.03. The Balaban J connectivity index is 0.000000671. The summed E-state index contributed by atoms with van der Waals surface area (Å²) in [6, 6.07) is 0. The lowest BCUT2D eigenvalue weighted by molar-refractivity contribution is -0.0979. The number of carbonyl (C=O) groups is 1. The van der Waals surface area contributed by atoms with Gasteiger partial charge in [0.2, 0.25) is 0 Å². The zero-order valence-electron chi connectivity index (χ0n) is 8.35. The zero-order chi connectivity index (χ0) is 10.3. The van der Waals surface area contributed by atoms with Crippen LogP contribution in [0.2, 0.25) is 0 Å². The molecule has 13 heavy (non-hydrogen) atoms. The van der Waals surface area contributed by atoms with Crippen LogP contribution in [0.15, 0.2) is 12.4 Å². The Labute approximate surface area is 78.9 Å². The highest BCUT2D eigenvalue weighted by Gasteiger charge is 1.98. The van der Waals surface area contributed by atoms with Crippen molar-refractivity contribution >= 4 is 12.9 Å². The molecule has 0 aliphatic heterocycles. The molecule has 0 aliphatic carbocycles. The van der Waals surface area contributed by atoms with Gasteiger partial charge in [0.15, 0.2) is 0 Å². The van der Waals surface area contributed by atoms with Gasteiger partial charge in [0.25, 0.3) is 0 Å². The van der Waals surface area contributed by atoms with Gasteiger partial charge in [0.1, 0.15) is 6.79 Å². The quantitative estimate of drug-likeness (QED) is 0.726. The maximum absolute atomic E-state index is 8.00. The van der Waals surface area contributed by atoms with Crippen molar-refractivity contribution in [3.05, 3.63) is 29.2 Å². The van der Waals surface area contributed by atoms with Crippen molar-refractivity contribution in [2.75, 3.05) is 7.05 Å². The molecule has 0 bridgehead atoms. The normalized spacial score (nSPS) is 9.46. The van der Waals surface area contributed by atoms with Gasteiger partial charge in [-0.05, 0) is 37.3 Å². The molecule has 0 saturated heterocycles. The van der Waals surface area contributed by atoms with E-state index in [9.17, 15) is 0 Å². The van der Waals surface area contributed by atoms with Crippen LogP contribution in [-0.2, 0) is 4.79 Å². The first-order valence-electron chi connectivity index (χ1n) is 4.03. The van der Waals surface area contributed by atoms with Crippen molar-refractivity contribution in [2.24, 2.45) is 0 Å². The highest BCUT2D eigenvalue weighted by molar-refractivity contribution is 5.55. The molecule has 0 atom stereocenters. The Morgan fingerprint density at radius 2 is 2.08 bits per heavy atom. The molecule has 72 valence electrons. The molecular weight excluding hydrogens is 164 g/mol. The van der Waals surface area contributed by atoms with Gasteiger partial charge in [-0.25, -0.2) is 0 Å². The van der Waals surface area contributed by atoms with Gasteiger partial charge in [-0.3, -0.25) is 0 Å². The van der Waals surface area contributed by atoms with Crippen LogP contribution in [0.5, 0.6) is 0 Å². The number of hydrogen-bond acceptors (Lipinski definition) is 2. The highest BCUT2D eigenvalue weighted by atomic mass is 16.1. The summed E-state index contributed by atoms with van der Waals surface area (Å²) in [6.07, 6.45) is 6.02. The largest absolute Gasteiger partial charge is 0.394 e. The maximum Gasteiger partial charge on any atom is 0.106 e. The molecule has 1 aromatic heterocycles. The van der Waals surface area contributed by atoms with E-state index >= 15 is 0 Å². The number of hydrogen-bond donors (Lipinski definition) is 2. The third-order valence-electron chi connectivity index (χ3n) is 1.75. The number of carbonyl (C=O) groups excluding carboxylic acids is 1. The van der Waals surface area contributed by atoms with E-state index in [4.69, 9.17) is 4.79 Å². The van der Waals surface area contributed by atoms with Gasteiger partial charge >= 0.3 is 0 Å². The molecule has 0 saturated carbocycles. The average molecular weight is 180 g/mol. The second-order valence-electron chi connectivity index (χ2n) is 2.63. The van der Waals surface area contributed by atoms with Gasteiger partial charge in [0, 0.05) is 18.9 Å². The van der Waals surface area contributed by atoms with E-state index < -0.39 is 0 Å². The van der Waals surface area contributed by atoms with E-state index in [1.165, 1.54) is 16.8 Å². The number of aromatic nitrogens is 1. The molecule has 1 heterocycles. The Hall–Kier alpha value is -1.51. The molecular formula is C10H16N2O. The number of aryl methyl sites for hydroxylation is 2. The fourth-order valence-electron chi connectivity index (χ4n) is 1.09. The van der Waals surface area contributed by atoms with Crippen molar-refractivity contribution in [3.63, 3.8) is 0 Å². The molecule has 0 spiro atoms. The van der Waals surface area contributed by atoms with Crippen LogP contribution in [0.4, 0.5) is 0 Å². The second kappa shape index (κ2) is 6.06. The minimum atomic E-state index is 1.22. The molecule has 1 rings (SSSR count). The lowest BCUT2D eigenvalue weighted by atomic mass is 10.2. The van der Waals surface area contributed by atoms with Crippen LogP contribution in [0.1, 0.15) is 16.8 Å². The van der Waals surface area contributed by atoms with Crippen LogP contribution in [0, 0.1) is 13.8 Å². The van der Waals surface area contributed by atoms with Gasteiger partial charge in [0.05, 0.1) is 0 Å². The number of H-pyrrole nitrogens is 1. The van der Waals surface area contributed by atoms with Crippen molar-refractivity contribution < 1.29 is 4.79 Å². The summed E-state index contributed by atoms with van der Waals surface area (Å²) < 4.78 is 0. The Morgan fingerprint density at radius 1 is 1.46 bits per heavy atom. The topological polar surface area (TPSA) is 44.9 Å². The molecule has 0 aliphatic rings. The summed E-state index contributed by atoms with van der Waals surface area (Å²) in [4.78, 5) is 11.2. The van der Waals surface area contributed by atoms with Crippen molar-refractivity contribution in [1.29, 1.82) is 0 Å². The molecule has 0 fully saturated rings. The number of aromatic amines is 1. The summed E-state index contributed by atoms with van der Waals surface area (Å²) in [6.45, 7) is 6.17. The van der Waals surface area contributed by atoms with Gasteiger partial charge in [-0.1, -0.05) is 0 Å². The van der Waals surface area contributed by atoms with Gasteiger partial charge < -0.3 is 15.1 Å². The molecule has 3 heteroatoms. The fourth-order valence-corrected chi connectivity index (χ4v) is 1.09. The molecule has 2 N–H and O–H groups in total.